The molecule has 0 saturated heterocycles. The van der Waals surface area contributed by atoms with Gasteiger partial charge in [0.25, 0.3) is 6.29 Å². The topological polar surface area (TPSA) is 123 Å². The molecule has 7 nitrogen and oxygen atoms in total. The van der Waals surface area contributed by atoms with E-state index in [0.717, 1.165) is 5.56 Å². The van der Waals surface area contributed by atoms with Gasteiger partial charge in [0.15, 0.2) is 0 Å². The number of carbonyl (C=O) groups is 2. The molecule has 3 rings (SSSR count). The fraction of sp³-hybridized carbons (Fsp3) is 0.0870. The van der Waals surface area contributed by atoms with Crippen LogP contribution in [0.5, 0.6) is 5.75 Å². The molecule has 0 bridgehead atoms. The van der Waals surface area contributed by atoms with Crippen molar-refractivity contribution in [2.24, 2.45) is 0 Å². The third-order valence-corrected chi connectivity index (χ3v) is 4.05. The largest absolute Gasteiger partial charge is 1.00 e. The zero-order valence-electron chi connectivity index (χ0n) is 18.1. The van der Waals surface area contributed by atoms with Gasteiger partial charge in [0.1, 0.15) is 11.8 Å². The first-order chi connectivity index (χ1) is 14.9. The zero-order chi connectivity index (χ0) is 22.6. The average molecular weight is 516 g/mol. The average Bonchev–Trinajstić information content (AvgIpc) is 2.78. The summed E-state index contributed by atoms with van der Waals surface area (Å²) in [5.41, 5.74) is 1.60. The van der Waals surface area contributed by atoms with Gasteiger partial charge in [0, 0.05) is 10.6 Å². The first-order valence-electron chi connectivity index (χ1n) is 8.89. The van der Waals surface area contributed by atoms with E-state index in [1.807, 2.05) is 42.5 Å². The van der Waals surface area contributed by atoms with Crippen molar-refractivity contribution in [1.29, 1.82) is 5.26 Å². The number of carbonyl (C=O) groups excluding carboxylic acids is 2. The molecule has 3 aromatic carbocycles. The van der Waals surface area contributed by atoms with Crippen LogP contribution in [0.1, 0.15) is 21.5 Å². The summed E-state index contributed by atoms with van der Waals surface area (Å²) in [5.74, 6) is -0.0883. The van der Waals surface area contributed by atoms with Crippen LogP contribution in [0.2, 0.25) is 5.02 Å². The van der Waals surface area contributed by atoms with Crippen LogP contribution in [0.4, 0.5) is 4.79 Å². The Bertz CT molecular complexity index is 1060. The van der Waals surface area contributed by atoms with E-state index in [4.69, 9.17) is 36.1 Å². The minimum Gasteiger partial charge on any atom is -0.652 e. The van der Waals surface area contributed by atoms with Gasteiger partial charge in [-0.15, -0.1) is 0 Å². The molecule has 0 spiro atoms. The van der Waals surface area contributed by atoms with E-state index in [-0.39, 0.29) is 126 Å². The van der Waals surface area contributed by atoms with E-state index in [9.17, 15) is 10.1 Å². The smallest absolute Gasteiger partial charge is 0.652 e. The second kappa shape index (κ2) is 17.8. The molecule has 33 heavy (non-hydrogen) atoms. The summed E-state index contributed by atoms with van der Waals surface area (Å²) in [4.78, 5) is 21.2. The molecule has 3 aromatic rings. The molecule has 1 unspecified atom stereocenters. The number of ether oxygens (including phenoxy) is 2. The zero-order valence-corrected chi connectivity index (χ0v) is 25.1. The van der Waals surface area contributed by atoms with Crippen LogP contribution in [-0.2, 0) is 11.3 Å². The molecule has 0 aliphatic rings. The number of halogens is 1. The predicted molar refractivity (Wildman–Crippen MR) is 108 cm³/mol. The Morgan fingerprint density at radius 3 is 2.03 bits per heavy atom. The SMILES string of the molecule is N#Cc1cc(Cl)ccc1OC(OCc1ccccc1)C(=O)c1ccccc1.O=C([O-])[O-].[K+].[K+]. The van der Waals surface area contributed by atoms with Crippen LogP contribution in [0, 0.1) is 11.3 Å². The molecule has 0 amide bonds. The van der Waals surface area contributed by atoms with Gasteiger partial charge in [-0.25, -0.2) is 0 Å². The standard InChI is InChI=1S/C22H16ClNO3.CH2O3.2K/c23-19-11-12-20(18(13-19)14-24)27-22(21(25)17-9-5-2-6-10-17)26-15-16-7-3-1-4-8-16;2-1(3)4;;/h1-13,22H,15H2;(H2,2,3,4);;/q;;2*+1/p-2. The summed E-state index contributed by atoms with van der Waals surface area (Å²) in [6, 6.07) is 24.9. The Kier molecular flexibility index (Phi) is 17.5. The Labute approximate surface area is 281 Å². The molecular formula is C23H16ClK2NO6. The van der Waals surface area contributed by atoms with Crippen LogP contribution in [-0.4, -0.2) is 18.2 Å². The second-order valence-electron chi connectivity index (χ2n) is 5.98. The van der Waals surface area contributed by atoms with Gasteiger partial charge in [0.2, 0.25) is 5.78 Å². The molecule has 0 fully saturated rings. The fourth-order valence-electron chi connectivity index (χ4n) is 2.46. The normalized spacial score (nSPS) is 10.1. The molecule has 1 atom stereocenters. The number of Topliss-reactive ketones (excluding diaryl/α,β-unsaturated/α-hetero) is 1. The first-order valence-corrected chi connectivity index (χ1v) is 9.27. The van der Waals surface area contributed by atoms with Gasteiger partial charge in [-0.3, -0.25) is 4.79 Å². The minimum atomic E-state index is -2.33. The maximum Gasteiger partial charge on any atom is 1.00 e. The third kappa shape index (κ3) is 12.1. The van der Waals surface area contributed by atoms with Crippen molar-refractivity contribution in [3.63, 3.8) is 0 Å². The number of hydrogen-bond donors (Lipinski definition) is 0. The molecule has 0 heterocycles. The number of rotatable bonds is 7. The molecule has 0 aliphatic heterocycles. The second-order valence-corrected chi connectivity index (χ2v) is 6.42. The van der Waals surface area contributed by atoms with Gasteiger partial charge < -0.3 is 24.5 Å². The summed E-state index contributed by atoms with van der Waals surface area (Å²) in [5, 5.41) is 26.4. The van der Waals surface area contributed by atoms with Crippen LogP contribution in [0.3, 0.4) is 0 Å². The fourth-order valence-corrected chi connectivity index (χ4v) is 2.63. The van der Waals surface area contributed by atoms with E-state index in [1.165, 1.54) is 6.07 Å². The van der Waals surface area contributed by atoms with Crippen molar-refractivity contribution in [3.8, 4) is 11.8 Å². The summed E-state index contributed by atoms with van der Waals surface area (Å²) in [7, 11) is 0. The Hall–Kier alpha value is -0.587. The van der Waals surface area contributed by atoms with E-state index in [1.54, 1.807) is 36.4 Å². The van der Waals surface area contributed by atoms with Crippen molar-refractivity contribution in [1.82, 2.24) is 0 Å². The Balaban J connectivity index is 0.00000158. The van der Waals surface area contributed by atoms with Crippen molar-refractivity contribution in [3.05, 3.63) is 101 Å². The van der Waals surface area contributed by atoms with Crippen LogP contribution >= 0.6 is 11.6 Å². The minimum absolute atomic E-state index is 0. The molecule has 158 valence electrons. The maximum atomic E-state index is 12.9. The monoisotopic (exact) mass is 515 g/mol. The number of carboxylic acid groups (broad SMARTS) is 2. The quantitative estimate of drug-likeness (QED) is 0.182. The summed E-state index contributed by atoms with van der Waals surface area (Å²) >= 11 is 5.93. The van der Waals surface area contributed by atoms with Crippen LogP contribution < -0.4 is 118 Å². The number of ketones is 1. The molecule has 10 heteroatoms. The van der Waals surface area contributed by atoms with Gasteiger partial charge in [-0.2, -0.15) is 5.26 Å². The van der Waals surface area contributed by atoms with Gasteiger partial charge in [-0.05, 0) is 29.9 Å². The van der Waals surface area contributed by atoms with E-state index >= 15 is 0 Å². The third-order valence-electron chi connectivity index (χ3n) is 3.81. The van der Waals surface area contributed by atoms with Crippen LogP contribution in [0.25, 0.3) is 0 Å². The molecule has 0 saturated carbocycles. The summed E-state index contributed by atoms with van der Waals surface area (Å²) < 4.78 is 11.5. The number of nitrogens with zero attached hydrogens (tertiary/aromatic N) is 1. The van der Waals surface area contributed by atoms with Crippen molar-refractivity contribution in [2.75, 3.05) is 0 Å². The number of nitriles is 1. The first kappa shape index (κ1) is 32.4. The molecule has 0 radical (unpaired) electrons. The summed E-state index contributed by atoms with van der Waals surface area (Å²) in [6.45, 7) is 0.194. The van der Waals surface area contributed by atoms with E-state index in [0.29, 0.717) is 10.6 Å². The van der Waals surface area contributed by atoms with Crippen LogP contribution in [0.15, 0.2) is 78.9 Å². The van der Waals surface area contributed by atoms with Gasteiger partial charge in [0.05, 0.1) is 12.2 Å². The molecule has 0 aliphatic carbocycles. The maximum absolute atomic E-state index is 12.9. The van der Waals surface area contributed by atoms with Crippen molar-refractivity contribution in [2.45, 2.75) is 12.9 Å². The number of hydrogen-bond acceptors (Lipinski definition) is 7. The Morgan fingerprint density at radius 1 is 0.939 bits per heavy atom. The molecule has 0 N–H and O–H groups in total. The number of benzene rings is 3. The van der Waals surface area contributed by atoms with E-state index in [2.05, 4.69) is 0 Å². The van der Waals surface area contributed by atoms with E-state index < -0.39 is 12.4 Å². The summed E-state index contributed by atoms with van der Waals surface area (Å²) in [6.07, 6.45) is -3.53. The van der Waals surface area contributed by atoms with Crippen molar-refractivity contribution < 1.29 is 132 Å². The van der Waals surface area contributed by atoms with Gasteiger partial charge >= 0.3 is 103 Å². The molecule has 0 aromatic heterocycles. The Morgan fingerprint density at radius 2 is 1.48 bits per heavy atom. The van der Waals surface area contributed by atoms with Gasteiger partial charge in [-0.1, -0.05) is 72.3 Å². The predicted octanol–water partition coefficient (Wildman–Crippen LogP) is -3.42. The molecular weight excluding hydrogens is 500 g/mol. The van der Waals surface area contributed by atoms with Crippen molar-refractivity contribution >= 4 is 23.5 Å².